The Balaban J connectivity index is 5.63. The Morgan fingerprint density at radius 3 is 1.53 bits per heavy atom. The quantitative estimate of drug-likeness (QED) is 0.369. The zero-order chi connectivity index (χ0) is 15.9. The first-order valence-electron chi connectivity index (χ1n) is 4.54. The van der Waals surface area contributed by atoms with E-state index in [4.69, 9.17) is 22.2 Å². The largest absolute Gasteiger partial charge is 0.381 e. The van der Waals surface area contributed by atoms with Crippen LogP contribution in [0.2, 0.25) is 6.04 Å². The molecule has 19 heavy (non-hydrogen) atoms. The first-order valence-corrected chi connectivity index (χ1v) is 8.85. The molecule has 116 valence electrons. The van der Waals surface area contributed by atoms with Gasteiger partial charge in [0, 0.05) is 6.04 Å². The van der Waals surface area contributed by atoms with Crippen molar-refractivity contribution in [1.29, 1.82) is 0 Å². The molecule has 12 heteroatoms. The molecular weight excluding hydrogens is 354 g/mol. The first kappa shape index (κ1) is 19.2. The van der Waals surface area contributed by atoms with Crippen molar-refractivity contribution in [3.63, 3.8) is 0 Å². The lowest BCUT2D eigenvalue weighted by atomic mass is 9.97. The van der Waals surface area contributed by atoms with E-state index in [0.717, 1.165) is 0 Å². The van der Waals surface area contributed by atoms with Crippen molar-refractivity contribution in [2.45, 2.75) is 42.8 Å². The summed E-state index contributed by atoms with van der Waals surface area (Å²) in [4.78, 5) is 0. The predicted octanol–water partition coefficient (Wildman–Crippen LogP) is 4.58. The number of halogens is 11. The molecule has 0 amide bonds. The average molecular weight is 361 g/mol. The smallest absolute Gasteiger partial charge is 0.241 e. The van der Waals surface area contributed by atoms with Crippen molar-refractivity contribution in [3.05, 3.63) is 0 Å². The second-order valence-electron chi connectivity index (χ2n) is 3.69. The van der Waals surface area contributed by atoms with E-state index >= 15 is 0 Å². The molecule has 0 heterocycles. The lowest BCUT2D eigenvalue weighted by Crippen LogP contribution is -2.64. The highest BCUT2D eigenvalue weighted by atomic mass is 35.7. The lowest BCUT2D eigenvalue weighted by Gasteiger charge is -2.37. The Hall–Kier alpha value is 0.167. The van der Waals surface area contributed by atoms with Gasteiger partial charge in [0.15, 0.2) is 6.17 Å². The van der Waals surface area contributed by atoms with E-state index < -0.39 is 43.3 Å². The highest BCUT2D eigenvalue weighted by Gasteiger charge is 2.81. The van der Waals surface area contributed by atoms with Gasteiger partial charge >= 0.3 is 23.7 Å². The summed E-state index contributed by atoms with van der Waals surface area (Å²) < 4.78 is 115. The summed E-state index contributed by atoms with van der Waals surface area (Å²) >= 11 is 9.76. The van der Waals surface area contributed by atoms with Crippen molar-refractivity contribution >= 4 is 29.6 Å². The molecule has 0 saturated carbocycles. The second kappa shape index (κ2) is 5.51. The van der Waals surface area contributed by atoms with E-state index in [1.807, 2.05) is 0 Å². The summed E-state index contributed by atoms with van der Waals surface area (Å²) in [5.74, 6) is -24.7. The van der Waals surface area contributed by atoms with Gasteiger partial charge in [0.25, 0.3) is 0 Å². The van der Waals surface area contributed by atoms with Crippen LogP contribution in [0.25, 0.3) is 0 Å². The normalized spacial score (nSPS) is 16.9. The average Bonchev–Trinajstić information content (AvgIpc) is 2.14. The molecule has 0 rings (SSSR count). The van der Waals surface area contributed by atoms with Crippen molar-refractivity contribution < 1.29 is 39.5 Å². The molecule has 0 saturated heterocycles. The van der Waals surface area contributed by atoms with Crippen LogP contribution in [0, 0.1) is 0 Å². The maximum atomic E-state index is 13.0. The highest BCUT2D eigenvalue weighted by Crippen LogP contribution is 2.55. The molecule has 0 aromatic rings. The third-order valence-electron chi connectivity index (χ3n) is 2.18. The molecule has 1 atom stereocenters. The molecule has 0 spiro atoms. The molecule has 0 aromatic heterocycles. The maximum Gasteiger partial charge on any atom is 0.381 e. The van der Waals surface area contributed by atoms with Crippen LogP contribution in [0.4, 0.5) is 39.5 Å². The van der Waals surface area contributed by atoms with Crippen LogP contribution in [0.3, 0.4) is 0 Å². The highest BCUT2D eigenvalue weighted by molar-refractivity contribution is 7.33. The molecule has 0 fully saturated rings. The van der Waals surface area contributed by atoms with Crippen LogP contribution in [0.5, 0.6) is 0 Å². The summed E-state index contributed by atoms with van der Waals surface area (Å²) in [7, 11) is -3.50. The minimum atomic E-state index is -6.60. The first-order chi connectivity index (χ1) is 8.11. The van der Waals surface area contributed by atoms with Gasteiger partial charge in [-0.1, -0.05) is 0 Å². The van der Waals surface area contributed by atoms with Crippen molar-refractivity contribution in [2.24, 2.45) is 0 Å². The SMILES string of the molecule is CC(F)C(F)(F)C(F)(F)C(F)(F)C(F)(F)C[SiH](Cl)Cl. The summed E-state index contributed by atoms with van der Waals surface area (Å²) in [6, 6.07) is -2.06. The van der Waals surface area contributed by atoms with Crippen LogP contribution < -0.4 is 0 Å². The van der Waals surface area contributed by atoms with Gasteiger partial charge < -0.3 is 0 Å². The fourth-order valence-corrected chi connectivity index (χ4v) is 2.82. The van der Waals surface area contributed by atoms with Gasteiger partial charge in [-0.25, -0.2) is 4.39 Å². The number of alkyl halides is 9. The molecule has 0 aliphatic heterocycles. The van der Waals surface area contributed by atoms with E-state index in [-0.39, 0.29) is 6.92 Å². The Kier molecular flexibility index (Phi) is 5.56. The topological polar surface area (TPSA) is 0 Å². The van der Waals surface area contributed by atoms with Gasteiger partial charge in [-0.2, -0.15) is 57.3 Å². The van der Waals surface area contributed by atoms with Crippen LogP contribution in [-0.4, -0.2) is 37.3 Å². The molecule has 0 N–H and O–H groups in total. The summed E-state index contributed by atoms with van der Waals surface area (Å²) in [5, 5.41) is 0. The van der Waals surface area contributed by atoms with E-state index in [0.29, 0.717) is 0 Å². The zero-order valence-corrected chi connectivity index (χ0v) is 11.7. The van der Waals surface area contributed by atoms with Crippen molar-refractivity contribution in [1.82, 2.24) is 0 Å². The van der Waals surface area contributed by atoms with Gasteiger partial charge in [0.05, 0.1) is 0 Å². The van der Waals surface area contributed by atoms with Gasteiger partial charge in [-0.3, -0.25) is 0 Å². The standard InChI is InChI=1S/C7H7Cl2F9Si/c1-3(10)5(13,14)7(17,18)6(15,16)4(11,12)2-19(8)9/h3,19H,2H2,1H3. The zero-order valence-electron chi connectivity index (χ0n) is 9.02. The van der Waals surface area contributed by atoms with Crippen LogP contribution in [-0.2, 0) is 0 Å². The van der Waals surface area contributed by atoms with E-state index in [2.05, 4.69) is 0 Å². The Morgan fingerprint density at radius 2 is 1.26 bits per heavy atom. The molecule has 0 bridgehead atoms. The van der Waals surface area contributed by atoms with E-state index in [9.17, 15) is 39.5 Å². The van der Waals surface area contributed by atoms with Crippen LogP contribution >= 0.6 is 22.2 Å². The fourth-order valence-electron chi connectivity index (χ4n) is 1.01. The van der Waals surface area contributed by atoms with E-state index in [1.165, 1.54) is 0 Å². The molecule has 0 aliphatic rings. The molecular formula is C7H7Cl2F9Si. The fraction of sp³-hybridized carbons (Fsp3) is 1.00. The Morgan fingerprint density at radius 1 is 0.895 bits per heavy atom. The van der Waals surface area contributed by atoms with Gasteiger partial charge in [0.2, 0.25) is 7.42 Å². The molecule has 0 aliphatic carbocycles. The number of hydrogen-bond donors (Lipinski definition) is 0. The minimum absolute atomic E-state index is 0.150. The Bertz CT molecular complexity index is 318. The predicted molar refractivity (Wildman–Crippen MR) is 54.0 cm³/mol. The lowest BCUT2D eigenvalue weighted by molar-refractivity contribution is -0.370. The molecule has 0 radical (unpaired) electrons. The molecule has 0 nitrogen and oxygen atoms in total. The molecule has 1 unspecified atom stereocenters. The van der Waals surface area contributed by atoms with Crippen molar-refractivity contribution in [3.8, 4) is 0 Å². The van der Waals surface area contributed by atoms with Crippen LogP contribution in [0.1, 0.15) is 6.92 Å². The third kappa shape index (κ3) is 3.26. The van der Waals surface area contributed by atoms with Crippen LogP contribution in [0.15, 0.2) is 0 Å². The van der Waals surface area contributed by atoms with Gasteiger partial charge in [0.1, 0.15) is 0 Å². The summed E-state index contributed by atoms with van der Waals surface area (Å²) in [6.07, 6.45) is -3.76. The summed E-state index contributed by atoms with van der Waals surface area (Å²) in [5.41, 5.74) is 0. The van der Waals surface area contributed by atoms with Gasteiger partial charge in [-0.15, -0.1) is 0 Å². The Labute approximate surface area is 112 Å². The second-order valence-corrected chi connectivity index (χ2v) is 8.71. The maximum absolute atomic E-state index is 13.0. The van der Waals surface area contributed by atoms with Crippen molar-refractivity contribution in [2.75, 3.05) is 0 Å². The number of hydrogen-bond acceptors (Lipinski definition) is 0. The van der Waals surface area contributed by atoms with E-state index in [1.54, 1.807) is 0 Å². The van der Waals surface area contributed by atoms with Gasteiger partial charge in [-0.05, 0) is 6.92 Å². The summed E-state index contributed by atoms with van der Waals surface area (Å²) in [6.45, 7) is -0.150. The minimum Gasteiger partial charge on any atom is -0.241 e. The third-order valence-corrected chi connectivity index (χ3v) is 3.93. The number of rotatable bonds is 6. The monoisotopic (exact) mass is 360 g/mol. The molecule has 0 aromatic carbocycles.